The van der Waals surface area contributed by atoms with Crippen molar-refractivity contribution in [1.29, 1.82) is 0 Å². The van der Waals surface area contributed by atoms with Crippen LogP contribution in [0.1, 0.15) is 10.4 Å². The number of rotatable bonds is 4. The van der Waals surface area contributed by atoms with Gasteiger partial charge in [0.05, 0.1) is 10.4 Å². The summed E-state index contributed by atoms with van der Waals surface area (Å²) in [6.45, 7) is 2.99. The van der Waals surface area contributed by atoms with Gasteiger partial charge in [0.25, 0.3) is 15.9 Å². The number of nitrogens with one attached hydrogen (secondary N) is 2. The summed E-state index contributed by atoms with van der Waals surface area (Å²) in [7, 11) is -1.86. The van der Waals surface area contributed by atoms with E-state index in [1.807, 2.05) is 7.05 Å². The predicted octanol–water partition coefficient (Wildman–Crippen LogP) is 1.31. The second-order valence-electron chi connectivity index (χ2n) is 6.95. The molecule has 3 aromatic rings. The van der Waals surface area contributed by atoms with Crippen LogP contribution in [0.3, 0.4) is 0 Å². The summed E-state index contributed by atoms with van der Waals surface area (Å²) in [5.74, 6) is -0.719. The van der Waals surface area contributed by atoms with Crippen molar-refractivity contribution in [2.75, 3.05) is 37.9 Å². The molecule has 2 N–H and O–H groups in total. The fourth-order valence-electron chi connectivity index (χ4n) is 3.18. The number of oxazole rings is 1. The van der Waals surface area contributed by atoms with E-state index >= 15 is 0 Å². The van der Waals surface area contributed by atoms with E-state index in [-0.39, 0.29) is 16.4 Å². The van der Waals surface area contributed by atoms with E-state index in [4.69, 9.17) is 4.42 Å². The fourth-order valence-corrected chi connectivity index (χ4v) is 4.25. The standard InChI is InChI=1S/C19H20N4O5S/c1-22-8-10-23(11-9-22)18(24)13-2-4-14(5-3-13)21-29(26,27)15-6-7-16-17(12-15)28-19(25)20-16/h2-7,12,21H,8-11H2,1H3,(H,20,25). The summed E-state index contributed by atoms with van der Waals surface area (Å²) in [5, 5.41) is 0. The van der Waals surface area contributed by atoms with E-state index in [9.17, 15) is 18.0 Å². The van der Waals surface area contributed by atoms with E-state index in [0.717, 1.165) is 13.1 Å². The Kier molecular flexibility index (Phi) is 4.89. The zero-order chi connectivity index (χ0) is 20.6. The molecule has 2 aromatic carbocycles. The summed E-state index contributed by atoms with van der Waals surface area (Å²) in [6, 6.07) is 10.4. The number of aromatic nitrogens is 1. The van der Waals surface area contributed by atoms with Crippen molar-refractivity contribution in [1.82, 2.24) is 14.8 Å². The molecule has 0 atom stereocenters. The van der Waals surface area contributed by atoms with Gasteiger partial charge in [0.1, 0.15) is 0 Å². The number of hydrogen-bond donors (Lipinski definition) is 2. The first-order valence-corrected chi connectivity index (χ1v) is 10.5. The maximum absolute atomic E-state index is 12.6. The number of sulfonamides is 1. The van der Waals surface area contributed by atoms with Gasteiger partial charge >= 0.3 is 5.76 Å². The van der Waals surface area contributed by atoms with Crippen molar-refractivity contribution in [3.05, 3.63) is 58.6 Å². The second kappa shape index (κ2) is 7.37. The van der Waals surface area contributed by atoms with Gasteiger partial charge in [-0.2, -0.15) is 0 Å². The number of carbonyl (C=O) groups excluding carboxylic acids is 1. The first-order valence-electron chi connectivity index (χ1n) is 9.05. The lowest BCUT2D eigenvalue weighted by molar-refractivity contribution is 0.0664. The Morgan fingerprint density at radius 2 is 1.76 bits per heavy atom. The highest BCUT2D eigenvalue weighted by atomic mass is 32.2. The highest BCUT2D eigenvalue weighted by molar-refractivity contribution is 7.92. The minimum absolute atomic E-state index is 0.0367. The van der Waals surface area contributed by atoms with Crippen LogP contribution in [0.15, 0.2) is 56.6 Å². The lowest BCUT2D eigenvalue weighted by Crippen LogP contribution is -2.47. The van der Waals surface area contributed by atoms with Crippen LogP contribution in [-0.4, -0.2) is 62.3 Å². The lowest BCUT2D eigenvalue weighted by atomic mass is 10.1. The Hall–Kier alpha value is -3.11. The average molecular weight is 416 g/mol. The third-order valence-corrected chi connectivity index (χ3v) is 6.26. The Balaban J connectivity index is 1.49. The number of fused-ring (bicyclic) bond motifs is 1. The maximum Gasteiger partial charge on any atom is 0.417 e. The Morgan fingerprint density at radius 1 is 1.07 bits per heavy atom. The molecule has 0 radical (unpaired) electrons. The molecule has 0 spiro atoms. The minimum Gasteiger partial charge on any atom is -0.408 e. The van der Waals surface area contributed by atoms with Crippen molar-refractivity contribution in [2.24, 2.45) is 0 Å². The number of amides is 1. The predicted molar refractivity (Wildman–Crippen MR) is 107 cm³/mol. The number of carbonyl (C=O) groups is 1. The molecule has 1 aliphatic rings. The van der Waals surface area contributed by atoms with Gasteiger partial charge in [-0.1, -0.05) is 0 Å². The van der Waals surface area contributed by atoms with E-state index in [2.05, 4.69) is 14.6 Å². The molecule has 0 aliphatic carbocycles. The lowest BCUT2D eigenvalue weighted by Gasteiger charge is -2.32. The Labute approximate surface area is 167 Å². The molecule has 4 rings (SSSR count). The molecule has 0 unspecified atom stereocenters. The smallest absolute Gasteiger partial charge is 0.408 e. The topological polar surface area (TPSA) is 116 Å². The molecule has 0 saturated carbocycles. The van der Waals surface area contributed by atoms with Gasteiger partial charge in [-0.3, -0.25) is 14.5 Å². The summed E-state index contributed by atoms with van der Waals surface area (Å²) in [6.07, 6.45) is 0. The molecular weight excluding hydrogens is 396 g/mol. The highest BCUT2D eigenvalue weighted by Gasteiger charge is 2.21. The fraction of sp³-hybridized carbons (Fsp3) is 0.263. The summed E-state index contributed by atoms with van der Waals surface area (Å²) in [5.41, 5.74) is 1.41. The van der Waals surface area contributed by atoms with Gasteiger partial charge in [-0.25, -0.2) is 13.2 Å². The zero-order valence-corrected chi connectivity index (χ0v) is 16.5. The molecule has 1 aromatic heterocycles. The quantitative estimate of drug-likeness (QED) is 0.663. The van der Waals surface area contributed by atoms with Crippen LogP contribution in [0, 0.1) is 0 Å². The van der Waals surface area contributed by atoms with Crippen LogP contribution in [0.2, 0.25) is 0 Å². The zero-order valence-electron chi connectivity index (χ0n) is 15.7. The van der Waals surface area contributed by atoms with E-state index in [1.165, 1.54) is 18.2 Å². The molecule has 29 heavy (non-hydrogen) atoms. The molecule has 0 bridgehead atoms. The minimum atomic E-state index is -3.88. The molecule has 10 heteroatoms. The number of nitrogens with zero attached hydrogens (tertiary/aromatic N) is 2. The van der Waals surface area contributed by atoms with Crippen molar-refractivity contribution in [2.45, 2.75) is 4.90 Å². The van der Waals surface area contributed by atoms with Crippen molar-refractivity contribution in [3.8, 4) is 0 Å². The van der Waals surface area contributed by atoms with E-state index < -0.39 is 15.8 Å². The van der Waals surface area contributed by atoms with Crippen LogP contribution < -0.4 is 10.5 Å². The van der Waals surface area contributed by atoms with Crippen molar-refractivity contribution >= 4 is 32.7 Å². The van der Waals surface area contributed by atoms with Gasteiger partial charge in [0.15, 0.2) is 5.58 Å². The van der Waals surface area contributed by atoms with Crippen LogP contribution in [-0.2, 0) is 10.0 Å². The summed E-state index contributed by atoms with van der Waals surface area (Å²) >= 11 is 0. The third-order valence-electron chi connectivity index (χ3n) is 4.88. The Morgan fingerprint density at radius 3 is 2.45 bits per heavy atom. The number of benzene rings is 2. The molecule has 1 saturated heterocycles. The highest BCUT2D eigenvalue weighted by Crippen LogP contribution is 2.20. The van der Waals surface area contributed by atoms with Gasteiger partial charge < -0.3 is 14.2 Å². The SMILES string of the molecule is CN1CCN(C(=O)c2ccc(NS(=O)(=O)c3ccc4[nH]c(=O)oc4c3)cc2)CC1. The number of anilines is 1. The van der Waals surface area contributed by atoms with Crippen molar-refractivity contribution in [3.63, 3.8) is 0 Å². The molecule has 9 nitrogen and oxygen atoms in total. The molecule has 1 fully saturated rings. The molecule has 2 heterocycles. The first-order chi connectivity index (χ1) is 13.8. The van der Waals surface area contributed by atoms with Crippen LogP contribution in [0.5, 0.6) is 0 Å². The monoisotopic (exact) mass is 416 g/mol. The molecule has 152 valence electrons. The molecular formula is C19H20N4O5S. The average Bonchev–Trinajstić information content (AvgIpc) is 3.07. The number of piperazine rings is 1. The summed E-state index contributed by atoms with van der Waals surface area (Å²) in [4.78, 5) is 30.2. The first kappa shape index (κ1) is 19.2. The number of hydrogen-bond acceptors (Lipinski definition) is 6. The maximum atomic E-state index is 12.6. The normalized spacial score (nSPS) is 15.6. The van der Waals surface area contributed by atoms with Gasteiger partial charge in [0.2, 0.25) is 0 Å². The number of aromatic amines is 1. The van der Waals surface area contributed by atoms with E-state index in [1.54, 1.807) is 29.2 Å². The van der Waals surface area contributed by atoms with Crippen molar-refractivity contribution < 1.29 is 17.6 Å². The molecule has 1 amide bonds. The second-order valence-corrected chi connectivity index (χ2v) is 8.63. The van der Waals surface area contributed by atoms with Crippen LogP contribution in [0.4, 0.5) is 5.69 Å². The molecule has 1 aliphatic heterocycles. The summed E-state index contributed by atoms with van der Waals surface area (Å²) < 4.78 is 32.6. The van der Waals surface area contributed by atoms with Gasteiger partial charge in [-0.15, -0.1) is 0 Å². The van der Waals surface area contributed by atoms with Crippen LogP contribution in [0.25, 0.3) is 11.1 Å². The largest absolute Gasteiger partial charge is 0.417 e. The van der Waals surface area contributed by atoms with Gasteiger partial charge in [-0.05, 0) is 43.4 Å². The van der Waals surface area contributed by atoms with E-state index in [0.29, 0.717) is 29.9 Å². The Bertz CT molecular complexity index is 1210. The number of likely N-dealkylation sites (N-methyl/N-ethyl adjacent to an activating group) is 1. The third kappa shape index (κ3) is 4.03. The van der Waals surface area contributed by atoms with Crippen LogP contribution >= 0.6 is 0 Å². The van der Waals surface area contributed by atoms with Gasteiger partial charge in [0, 0.05) is 43.5 Å². The number of H-pyrrole nitrogens is 1.